The van der Waals surface area contributed by atoms with Crippen LogP contribution >= 0.6 is 22.9 Å². The molecule has 0 unspecified atom stereocenters. The van der Waals surface area contributed by atoms with Gasteiger partial charge in [0.2, 0.25) is 6.79 Å². The number of aromatic nitrogens is 3. The van der Waals surface area contributed by atoms with Crippen LogP contribution in [-0.4, -0.2) is 33.8 Å². The van der Waals surface area contributed by atoms with Crippen LogP contribution in [0.2, 0.25) is 5.02 Å². The van der Waals surface area contributed by atoms with Crippen LogP contribution in [0.1, 0.15) is 17.5 Å². The van der Waals surface area contributed by atoms with E-state index in [9.17, 15) is 4.79 Å². The summed E-state index contributed by atoms with van der Waals surface area (Å²) in [6.07, 6.45) is 9.54. The number of hydrogen-bond acceptors (Lipinski definition) is 6. The fourth-order valence-corrected chi connectivity index (χ4v) is 4.82. The number of thiazole rings is 1. The lowest BCUT2D eigenvalue weighted by Gasteiger charge is -2.18. The molecule has 3 heterocycles. The average molecular weight is 481 g/mol. The first kappa shape index (κ1) is 21.5. The van der Waals surface area contributed by atoms with Crippen molar-refractivity contribution in [3.63, 3.8) is 0 Å². The summed E-state index contributed by atoms with van der Waals surface area (Å²) < 4.78 is 13.8. The number of nitrogens with zero attached hydrogens (tertiary/aromatic N) is 4. The largest absolute Gasteiger partial charge is 0.454 e. The molecule has 0 spiro atoms. The second-order valence-electron chi connectivity index (χ2n) is 7.61. The van der Waals surface area contributed by atoms with Crippen molar-refractivity contribution < 1.29 is 14.3 Å². The summed E-state index contributed by atoms with van der Waals surface area (Å²) in [6.45, 7) is 3.44. The van der Waals surface area contributed by atoms with Gasteiger partial charge in [-0.15, -0.1) is 0 Å². The fourth-order valence-electron chi connectivity index (χ4n) is 3.61. The summed E-state index contributed by atoms with van der Waals surface area (Å²) in [5.74, 6) is 1.25. The number of benzene rings is 2. The highest BCUT2D eigenvalue weighted by molar-refractivity contribution is 7.22. The van der Waals surface area contributed by atoms with Crippen molar-refractivity contribution in [3.8, 4) is 11.5 Å². The van der Waals surface area contributed by atoms with Gasteiger partial charge in [0.05, 0.1) is 16.5 Å². The Morgan fingerprint density at radius 1 is 1.27 bits per heavy atom. The van der Waals surface area contributed by atoms with Crippen LogP contribution < -0.4 is 14.4 Å². The molecule has 0 radical (unpaired) electrons. The zero-order valence-electron chi connectivity index (χ0n) is 17.9. The molecular weight excluding hydrogens is 460 g/mol. The van der Waals surface area contributed by atoms with Gasteiger partial charge >= 0.3 is 0 Å². The number of imidazole rings is 1. The second kappa shape index (κ2) is 9.25. The van der Waals surface area contributed by atoms with Crippen molar-refractivity contribution in [3.05, 3.63) is 71.3 Å². The van der Waals surface area contributed by atoms with E-state index in [1.54, 1.807) is 29.6 Å². The number of carbonyl (C=O) groups is 1. The van der Waals surface area contributed by atoms with E-state index in [-0.39, 0.29) is 12.7 Å². The summed E-state index contributed by atoms with van der Waals surface area (Å²) in [4.78, 5) is 23.8. The molecule has 0 saturated carbocycles. The van der Waals surface area contributed by atoms with Crippen molar-refractivity contribution in [1.82, 2.24) is 14.5 Å². The second-order valence-corrected chi connectivity index (χ2v) is 9.02. The summed E-state index contributed by atoms with van der Waals surface area (Å²) in [6, 6.07) is 9.41. The first-order chi connectivity index (χ1) is 16.1. The predicted molar refractivity (Wildman–Crippen MR) is 130 cm³/mol. The van der Waals surface area contributed by atoms with Crippen LogP contribution in [0.3, 0.4) is 0 Å². The number of hydrogen-bond donors (Lipinski definition) is 0. The van der Waals surface area contributed by atoms with Gasteiger partial charge in [0.15, 0.2) is 16.6 Å². The number of ether oxygens (including phenoxy) is 2. The molecule has 1 aliphatic heterocycles. The maximum absolute atomic E-state index is 13.3. The molecule has 4 aromatic rings. The Morgan fingerprint density at radius 3 is 3.00 bits per heavy atom. The van der Waals surface area contributed by atoms with Crippen molar-refractivity contribution in [1.29, 1.82) is 0 Å². The Hall–Kier alpha value is -3.36. The van der Waals surface area contributed by atoms with E-state index in [1.165, 1.54) is 11.3 Å². The zero-order chi connectivity index (χ0) is 22.8. The Kier molecular flexibility index (Phi) is 6.02. The SMILES string of the molecule is Cc1c(Cl)ccc2sc(N(CCCn3ccnc3)C(=O)/C=C/c3ccc4c(c3)OCO4)nc12. The number of anilines is 1. The van der Waals surface area contributed by atoms with Crippen LogP contribution in [0.5, 0.6) is 11.5 Å². The molecular formula is C24H21ClN4O3S. The third-order valence-electron chi connectivity index (χ3n) is 5.41. The number of rotatable bonds is 7. The molecule has 0 saturated heterocycles. The normalized spacial score (nSPS) is 12.7. The third kappa shape index (κ3) is 4.58. The average Bonchev–Trinajstić information content (AvgIpc) is 3.58. The minimum atomic E-state index is -0.138. The smallest absolute Gasteiger partial charge is 0.252 e. The molecule has 1 amide bonds. The molecule has 9 heteroatoms. The Balaban J connectivity index is 1.40. The topological polar surface area (TPSA) is 69.5 Å². The number of amides is 1. The summed E-state index contributed by atoms with van der Waals surface area (Å²) in [5, 5.41) is 1.32. The summed E-state index contributed by atoms with van der Waals surface area (Å²) >= 11 is 7.77. The van der Waals surface area contributed by atoms with Gasteiger partial charge in [-0.1, -0.05) is 29.0 Å². The van der Waals surface area contributed by atoms with Gasteiger partial charge in [0.25, 0.3) is 5.91 Å². The molecule has 2 aromatic carbocycles. The molecule has 0 bridgehead atoms. The van der Waals surface area contributed by atoms with Gasteiger partial charge in [-0.25, -0.2) is 9.97 Å². The number of halogens is 1. The third-order valence-corrected chi connectivity index (χ3v) is 6.86. The molecule has 168 valence electrons. The van der Waals surface area contributed by atoms with E-state index in [0.29, 0.717) is 28.2 Å². The molecule has 1 aliphatic rings. The maximum atomic E-state index is 13.3. The highest BCUT2D eigenvalue weighted by atomic mass is 35.5. The zero-order valence-corrected chi connectivity index (χ0v) is 19.5. The minimum absolute atomic E-state index is 0.138. The first-order valence-corrected chi connectivity index (χ1v) is 11.7. The first-order valence-electron chi connectivity index (χ1n) is 10.5. The number of aryl methyl sites for hydroxylation is 2. The molecule has 33 heavy (non-hydrogen) atoms. The molecule has 2 aromatic heterocycles. The van der Waals surface area contributed by atoms with Gasteiger partial charge in [0, 0.05) is 36.6 Å². The van der Waals surface area contributed by atoms with Gasteiger partial charge in [0.1, 0.15) is 0 Å². The summed E-state index contributed by atoms with van der Waals surface area (Å²) in [5.41, 5.74) is 2.60. The highest BCUT2D eigenvalue weighted by Gasteiger charge is 2.19. The van der Waals surface area contributed by atoms with Gasteiger partial charge < -0.3 is 14.0 Å². The molecule has 0 aliphatic carbocycles. The highest BCUT2D eigenvalue weighted by Crippen LogP contribution is 2.35. The Bertz CT molecular complexity index is 1330. The molecule has 0 fully saturated rings. The summed E-state index contributed by atoms with van der Waals surface area (Å²) in [7, 11) is 0. The lowest BCUT2D eigenvalue weighted by molar-refractivity contribution is -0.114. The van der Waals surface area contributed by atoms with Crippen LogP contribution in [0.25, 0.3) is 16.3 Å². The fraction of sp³-hybridized carbons (Fsp3) is 0.208. The van der Waals surface area contributed by atoms with E-state index in [0.717, 1.165) is 34.3 Å². The quantitative estimate of drug-likeness (QED) is 0.335. The Morgan fingerprint density at radius 2 is 2.15 bits per heavy atom. The van der Waals surface area contributed by atoms with E-state index >= 15 is 0 Å². The molecule has 0 atom stereocenters. The standard InChI is InChI=1S/C24H21ClN4O3S/c1-16-18(25)5-7-21-23(16)27-24(33-21)29(11-2-10-28-12-9-26-14-28)22(30)8-4-17-3-6-19-20(13-17)32-15-31-19/h3-9,12-14H,2,10-11,15H2,1H3/b8-4+. The van der Waals surface area contributed by atoms with Gasteiger partial charge in [-0.3, -0.25) is 9.69 Å². The van der Waals surface area contributed by atoms with E-state index in [4.69, 9.17) is 26.1 Å². The monoisotopic (exact) mass is 480 g/mol. The predicted octanol–water partition coefficient (Wildman–Crippen LogP) is 5.32. The van der Waals surface area contributed by atoms with Crippen LogP contribution in [0.4, 0.5) is 5.13 Å². The van der Waals surface area contributed by atoms with Crippen molar-refractivity contribution in [2.24, 2.45) is 0 Å². The Labute approximate surface area is 199 Å². The number of fused-ring (bicyclic) bond motifs is 2. The minimum Gasteiger partial charge on any atom is -0.454 e. The van der Waals surface area contributed by atoms with Crippen LogP contribution in [0.15, 0.2) is 55.1 Å². The van der Waals surface area contributed by atoms with E-state index in [1.807, 2.05) is 48.0 Å². The number of carbonyl (C=O) groups excluding carboxylic acids is 1. The lowest BCUT2D eigenvalue weighted by Crippen LogP contribution is -2.30. The van der Waals surface area contributed by atoms with Crippen molar-refractivity contribution in [2.75, 3.05) is 18.2 Å². The van der Waals surface area contributed by atoms with Crippen LogP contribution in [0, 0.1) is 6.92 Å². The molecule has 7 nitrogen and oxygen atoms in total. The van der Waals surface area contributed by atoms with Gasteiger partial charge in [-0.2, -0.15) is 0 Å². The van der Waals surface area contributed by atoms with Crippen molar-refractivity contribution in [2.45, 2.75) is 19.9 Å². The van der Waals surface area contributed by atoms with Gasteiger partial charge in [-0.05, 0) is 54.8 Å². The van der Waals surface area contributed by atoms with E-state index < -0.39 is 0 Å². The molecule has 0 N–H and O–H groups in total. The maximum Gasteiger partial charge on any atom is 0.252 e. The van der Waals surface area contributed by atoms with E-state index in [2.05, 4.69) is 4.98 Å². The molecule has 5 rings (SSSR count). The van der Waals surface area contributed by atoms with Crippen molar-refractivity contribution >= 4 is 50.3 Å². The lowest BCUT2D eigenvalue weighted by atomic mass is 10.2. The van der Waals surface area contributed by atoms with Crippen LogP contribution in [-0.2, 0) is 11.3 Å².